The topological polar surface area (TPSA) is 513 Å². The summed E-state index contributed by atoms with van der Waals surface area (Å²) in [6, 6.07) is -2.77. The molecule has 0 aromatic carbocycles. The van der Waals surface area contributed by atoms with Gasteiger partial charge in [0.25, 0.3) is 11.9 Å². The molecule has 32 heteroatoms. The molecule has 0 saturated heterocycles. The van der Waals surface area contributed by atoms with Gasteiger partial charge in [-0.05, 0) is 58.3 Å². The van der Waals surface area contributed by atoms with Crippen molar-refractivity contribution in [2.24, 2.45) is 66.2 Å². The fourth-order valence-electron chi connectivity index (χ4n) is 5.31. The zero-order valence-electron chi connectivity index (χ0n) is 37.0. The Hall–Kier alpha value is -7.96. The molecule has 0 aromatic rings. The molecular weight excluding hydrogens is 900 g/mol. The lowest BCUT2D eigenvalue weighted by Gasteiger charge is -2.19. The van der Waals surface area contributed by atoms with Crippen LogP contribution in [-0.4, -0.2) is 133 Å². The molecule has 0 heterocycles. The molecular formula is C35H60N16O16. The number of rotatable bonds is 34. The number of nitro groups is 2. The molecule has 0 fully saturated rings. The van der Waals surface area contributed by atoms with Gasteiger partial charge in [-0.3, -0.25) is 38.8 Å². The van der Waals surface area contributed by atoms with E-state index in [4.69, 9.17) is 53.3 Å². The Balaban J connectivity index is 5.75. The summed E-state index contributed by atoms with van der Waals surface area (Å²) in [5.74, 6) is -10.4. The zero-order chi connectivity index (χ0) is 50.9. The highest BCUT2D eigenvalue weighted by atomic mass is 16.7. The van der Waals surface area contributed by atoms with Crippen LogP contribution in [0, 0.1) is 32.1 Å². The number of hydrazine groups is 2. The smallest absolute Gasteiger partial charge is 0.331 e. The average Bonchev–Trinajstić information content (AvgIpc) is 3.21. The van der Waals surface area contributed by atoms with Crippen LogP contribution in [0.1, 0.15) is 84.5 Å². The van der Waals surface area contributed by atoms with Crippen LogP contribution in [0.15, 0.2) is 20.0 Å². The number of amides is 2. The molecule has 0 aliphatic rings. The maximum atomic E-state index is 13.2. The molecule has 0 bridgehead atoms. The van der Waals surface area contributed by atoms with E-state index in [1.54, 1.807) is 10.9 Å². The molecule has 0 saturated carbocycles. The van der Waals surface area contributed by atoms with Crippen molar-refractivity contribution in [1.82, 2.24) is 21.5 Å². The summed E-state index contributed by atoms with van der Waals surface area (Å²) in [4.78, 5) is 137. The van der Waals surface area contributed by atoms with Crippen LogP contribution >= 0.6 is 0 Å². The SMILES string of the molecule is CC(=O)CC(=O)NC(CCCN=C(N)N)C(=O)OCOC(=O)C(CCCN=C(N)N)CC(=O)CC(=O)NC(CCCN=C(N)N[N+](=O)[O-])C(=O)OCOC(=O)C(C)CCCN=C(N)N[N+](=O)[O-]. The lowest BCUT2D eigenvalue weighted by molar-refractivity contribution is -0.525. The first-order chi connectivity index (χ1) is 31.5. The standard InChI is InChI=1S/C35H60N16O16/c1-20(7-3-13-44-34(40)48-50(60)61)28(56)64-18-66-31(59)25(10-6-14-45-35(41)49-51(62)63)47-27(55)17-23(53)16-22(8-4-11-42-32(36)37)29(57)65-19-67-30(58)24(9-5-12-43-33(38)39)46-26(54)15-21(2)52/h20,22,24-25H,3-19H2,1-2H3,(H,46,54)(H,47,55)(H4,36,37,42)(H4,38,39,43)(H3,40,44,48)(H3,41,45,49). The van der Waals surface area contributed by atoms with Gasteiger partial charge in [0.15, 0.2) is 22.0 Å². The first-order valence-corrected chi connectivity index (χ1v) is 20.3. The number of hydrogen-bond acceptors (Lipinski definition) is 20. The van der Waals surface area contributed by atoms with E-state index in [-0.39, 0.29) is 89.5 Å². The Morgan fingerprint density at radius 2 is 0.940 bits per heavy atom. The number of carbonyl (C=O) groups excluding carboxylic acids is 8. The van der Waals surface area contributed by atoms with Crippen LogP contribution in [0.2, 0.25) is 0 Å². The molecule has 0 aliphatic heterocycles. The number of ether oxygens (including phenoxy) is 4. The highest BCUT2D eigenvalue weighted by Crippen LogP contribution is 2.17. The van der Waals surface area contributed by atoms with Gasteiger partial charge in [-0.1, -0.05) is 17.8 Å². The molecule has 4 unspecified atom stereocenters. The third-order valence-corrected chi connectivity index (χ3v) is 8.39. The second-order valence-corrected chi connectivity index (χ2v) is 14.2. The monoisotopic (exact) mass is 960 g/mol. The number of aliphatic imine (C=N–C) groups is 4. The van der Waals surface area contributed by atoms with Gasteiger partial charge in [0.1, 0.15) is 23.7 Å². The fraction of sp³-hybridized carbons (Fsp3) is 0.657. The average molecular weight is 961 g/mol. The number of ketones is 2. The van der Waals surface area contributed by atoms with Gasteiger partial charge >= 0.3 is 23.9 Å². The van der Waals surface area contributed by atoms with Crippen LogP contribution in [0.5, 0.6) is 0 Å². The number of nitrogens with zero attached hydrogens (tertiary/aromatic N) is 6. The number of esters is 4. The van der Waals surface area contributed by atoms with Crippen LogP contribution in [0.4, 0.5) is 0 Å². The highest BCUT2D eigenvalue weighted by molar-refractivity contribution is 6.00. The van der Waals surface area contributed by atoms with Crippen molar-refractivity contribution >= 4 is 71.1 Å². The van der Waals surface area contributed by atoms with E-state index >= 15 is 0 Å². The highest BCUT2D eigenvalue weighted by Gasteiger charge is 2.29. The Kier molecular flexibility index (Phi) is 29.6. The van der Waals surface area contributed by atoms with E-state index in [9.17, 15) is 58.6 Å². The molecule has 2 amide bonds. The van der Waals surface area contributed by atoms with Gasteiger partial charge in [0, 0.05) is 32.6 Å². The first kappa shape index (κ1) is 59.0. The Morgan fingerprint density at radius 1 is 0.552 bits per heavy atom. The van der Waals surface area contributed by atoms with Gasteiger partial charge in [-0.2, -0.15) is 0 Å². The van der Waals surface area contributed by atoms with Gasteiger partial charge in [-0.25, -0.2) is 39.8 Å². The van der Waals surface area contributed by atoms with Crippen LogP contribution in [0.25, 0.3) is 0 Å². The van der Waals surface area contributed by atoms with Crippen molar-refractivity contribution < 1.29 is 67.4 Å². The first-order valence-electron chi connectivity index (χ1n) is 20.3. The molecule has 0 spiro atoms. The van der Waals surface area contributed by atoms with E-state index in [0.717, 1.165) is 0 Å². The fourth-order valence-corrected chi connectivity index (χ4v) is 5.31. The number of nitrogens with one attached hydrogen (secondary N) is 4. The van der Waals surface area contributed by atoms with E-state index < -0.39 is 126 Å². The van der Waals surface area contributed by atoms with Crippen molar-refractivity contribution in [3.05, 3.63) is 20.2 Å². The van der Waals surface area contributed by atoms with Gasteiger partial charge in [0.05, 0.1) is 24.7 Å². The molecule has 16 N–H and O–H groups in total. The van der Waals surface area contributed by atoms with Crippen molar-refractivity contribution in [3.8, 4) is 0 Å². The largest absolute Gasteiger partial charge is 0.428 e. The third-order valence-electron chi connectivity index (χ3n) is 8.39. The van der Waals surface area contributed by atoms with Gasteiger partial charge in [0.2, 0.25) is 25.4 Å². The number of Topliss-reactive ketones (excluding diaryl/α,β-unsaturated/α-hetero) is 2. The normalized spacial score (nSPS) is 12.9. The molecule has 0 aliphatic carbocycles. The summed E-state index contributed by atoms with van der Waals surface area (Å²) in [5.41, 5.74) is 35.4. The number of guanidine groups is 4. The Labute approximate surface area is 382 Å². The van der Waals surface area contributed by atoms with Crippen LogP contribution in [0.3, 0.4) is 0 Å². The number of hydrogen-bond donors (Lipinski definition) is 10. The van der Waals surface area contributed by atoms with Crippen molar-refractivity contribution in [2.75, 3.05) is 39.8 Å². The molecule has 32 nitrogen and oxygen atoms in total. The van der Waals surface area contributed by atoms with E-state index in [0.29, 0.717) is 0 Å². The predicted octanol–water partition coefficient (Wildman–Crippen LogP) is -4.52. The molecule has 0 aromatic heterocycles. The van der Waals surface area contributed by atoms with E-state index in [2.05, 4.69) is 30.6 Å². The summed E-state index contributed by atoms with van der Waals surface area (Å²) in [6.45, 7) is 0.795. The van der Waals surface area contributed by atoms with Crippen LogP contribution in [-0.2, 0) is 57.3 Å². The maximum Gasteiger partial charge on any atom is 0.331 e. The molecule has 4 atom stereocenters. The Morgan fingerprint density at radius 3 is 1.37 bits per heavy atom. The lowest BCUT2D eigenvalue weighted by atomic mass is 9.95. The molecule has 0 radical (unpaired) electrons. The number of nitrogens with two attached hydrogens (primary N) is 6. The molecule has 376 valence electrons. The van der Waals surface area contributed by atoms with Gasteiger partial charge in [-0.15, -0.1) is 0 Å². The minimum atomic E-state index is -1.48. The quantitative estimate of drug-likeness (QED) is 0.00424. The second-order valence-electron chi connectivity index (χ2n) is 14.2. The summed E-state index contributed by atoms with van der Waals surface area (Å²) in [7, 11) is 0. The van der Waals surface area contributed by atoms with E-state index in [1.807, 2.05) is 0 Å². The van der Waals surface area contributed by atoms with Crippen molar-refractivity contribution in [3.63, 3.8) is 0 Å². The second kappa shape index (κ2) is 33.5. The van der Waals surface area contributed by atoms with Crippen molar-refractivity contribution in [1.29, 1.82) is 0 Å². The van der Waals surface area contributed by atoms with E-state index in [1.165, 1.54) is 13.8 Å². The number of carbonyl (C=O) groups is 8. The minimum absolute atomic E-state index is 0.0210. The summed E-state index contributed by atoms with van der Waals surface area (Å²) >= 11 is 0. The van der Waals surface area contributed by atoms with Crippen LogP contribution < -0.4 is 55.9 Å². The summed E-state index contributed by atoms with van der Waals surface area (Å²) in [6.07, 6.45) is -1.49. The third kappa shape index (κ3) is 31.5. The molecule has 67 heavy (non-hydrogen) atoms. The maximum absolute atomic E-state index is 13.2. The predicted molar refractivity (Wildman–Crippen MR) is 232 cm³/mol. The van der Waals surface area contributed by atoms with Crippen molar-refractivity contribution in [2.45, 2.75) is 96.6 Å². The summed E-state index contributed by atoms with van der Waals surface area (Å²) < 4.78 is 20.2. The zero-order valence-corrected chi connectivity index (χ0v) is 37.0. The minimum Gasteiger partial charge on any atom is -0.428 e. The molecule has 0 rings (SSSR count). The Bertz CT molecular complexity index is 1840. The van der Waals surface area contributed by atoms with Gasteiger partial charge < -0.3 is 64.0 Å². The summed E-state index contributed by atoms with van der Waals surface area (Å²) in [5, 5.41) is 23.8. The lowest BCUT2D eigenvalue weighted by Crippen LogP contribution is -2.43.